The summed E-state index contributed by atoms with van der Waals surface area (Å²) in [5, 5.41) is 0. The zero-order chi connectivity index (χ0) is 15.0. The minimum atomic E-state index is -3.58. The Bertz CT molecular complexity index is 760. The van der Waals surface area contributed by atoms with E-state index in [1.54, 1.807) is 30.3 Å². The predicted octanol–water partition coefficient (Wildman–Crippen LogP) is 4.18. The van der Waals surface area contributed by atoms with Crippen LogP contribution in [-0.2, 0) is 10.0 Å². The van der Waals surface area contributed by atoms with Gasteiger partial charge in [-0.3, -0.25) is 0 Å². The van der Waals surface area contributed by atoms with Gasteiger partial charge in [0.2, 0.25) is 0 Å². The standard InChI is InChI=1S/C14H13BrFNO2S2/c15-13-7-8-14(20-13)21(18,19)17-9-3-6-12(17)10-4-1-2-5-11(10)16/h1-2,4-5,7-8,12H,3,6,9H2. The van der Waals surface area contributed by atoms with Gasteiger partial charge < -0.3 is 0 Å². The molecule has 1 saturated heterocycles. The van der Waals surface area contributed by atoms with Gasteiger partial charge in [-0.1, -0.05) is 18.2 Å². The third-order valence-corrected chi connectivity index (χ3v) is 7.58. The summed E-state index contributed by atoms with van der Waals surface area (Å²) in [5.74, 6) is -0.350. The van der Waals surface area contributed by atoms with E-state index in [-0.39, 0.29) is 10.0 Å². The quantitative estimate of drug-likeness (QED) is 0.789. The molecule has 0 bridgehead atoms. The maximum absolute atomic E-state index is 14.0. The maximum Gasteiger partial charge on any atom is 0.253 e. The molecular formula is C14H13BrFNO2S2. The highest BCUT2D eigenvalue weighted by atomic mass is 79.9. The van der Waals surface area contributed by atoms with Crippen LogP contribution in [0.2, 0.25) is 0 Å². The molecule has 3 rings (SSSR count). The number of hydrogen-bond donors (Lipinski definition) is 0. The Morgan fingerprint density at radius 2 is 2.00 bits per heavy atom. The zero-order valence-electron chi connectivity index (χ0n) is 11.0. The van der Waals surface area contributed by atoms with Gasteiger partial charge in [-0.2, -0.15) is 4.31 Å². The highest BCUT2D eigenvalue weighted by molar-refractivity contribution is 9.11. The summed E-state index contributed by atoms with van der Waals surface area (Å²) >= 11 is 4.46. The van der Waals surface area contributed by atoms with Crippen LogP contribution in [0.5, 0.6) is 0 Å². The summed E-state index contributed by atoms with van der Waals surface area (Å²) in [7, 11) is -3.58. The number of rotatable bonds is 3. The van der Waals surface area contributed by atoms with Gasteiger partial charge in [0.05, 0.1) is 9.83 Å². The van der Waals surface area contributed by atoms with Crippen molar-refractivity contribution in [2.24, 2.45) is 0 Å². The summed E-state index contributed by atoms with van der Waals surface area (Å²) in [6.07, 6.45) is 1.39. The zero-order valence-corrected chi connectivity index (χ0v) is 14.2. The molecule has 0 saturated carbocycles. The summed E-state index contributed by atoms with van der Waals surface area (Å²) in [6.45, 7) is 0.427. The van der Waals surface area contributed by atoms with Crippen LogP contribution in [0.4, 0.5) is 4.39 Å². The molecule has 112 valence electrons. The monoisotopic (exact) mass is 389 g/mol. The summed E-state index contributed by atoms with van der Waals surface area (Å²) in [4.78, 5) is 0. The van der Waals surface area contributed by atoms with Crippen molar-refractivity contribution in [3.8, 4) is 0 Å². The van der Waals surface area contributed by atoms with Crippen molar-refractivity contribution in [2.45, 2.75) is 23.1 Å². The molecule has 0 aliphatic carbocycles. The van der Waals surface area contributed by atoms with Gasteiger partial charge in [0.15, 0.2) is 0 Å². The van der Waals surface area contributed by atoms with E-state index in [4.69, 9.17) is 0 Å². The van der Waals surface area contributed by atoms with Crippen molar-refractivity contribution in [1.82, 2.24) is 4.31 Å². The Balaban J connectivity index is 2.00. The van der Waals surface area contributed by atoms with Gasteiger partial charge in [-0.25, -0.2) is 12.8 Å². The minimum absolute atomic E-state index is 0.289. The maximum atomic E-state index is 14.0. The van der Waals surface area contributed by atoms with Gasteiger partial charge in [-0.15, -0.1) is 11.3 Å². The lowest BCUT2D eigenvalue weighted by atomic mass is 10.1. The first-order valence-corrected chi connectivity index (χ1v) is 9.57. The molecule has 1 unspecified atom stereocenters. The average molecular weight is 390 g/mol. The van der Waals surface area contributed by atoms with E-state index in [2.05, 4.69) is 15.9 Å². The van der Waals surface area contributed by atoms with E-state index in [0.29, 0.717) is 18.5 Å². The Morgan fingerprint density at radius 1 is 1.24 bits per heavy atom. The fourth-order valence-corrected chi connectivity index (χ4v) is 6.45. The molecule has 1 aromatic carbocycles. The van der Waals surface area contributed by atoms with E-state index in [1.165, 1.54) is 21.7 Å². The number of thiophene rings is 1. The first-order valence-electron chi connectivity index (χ1n) is 6.52. The molecule has 1 aliphatic heterocycles. The molecule has 0 radical (unpaired) electrons. The average Bonchev–Trinajstić information content (AvgIpc) is 3.08. The first-order chi connectivity index (χ1) is 10.00. The molecule has 1 aromatic heterocycles. The van der Waals surface area contributed by atoms with Gasteiger partial charge in [0.1, 0.15) is 10.0 Å². The summed E-state index contributed by atoms with van der Waals surface area (Å²) < 4.78 is 41.9. The molecule has 0 N–H and O–H groups in total. The van der Waals surface area contributed by atoms with Crippen LogP contribution in [-0.4, -0.2) is 19.3 Å². The fourth-order valence-electron chi connectivity index (χ4n) is 2.64. The van der Waals surface area contributed by atoms with Crippen LogP contribution in [0.15, 0.2) is 44.4 Å². The Labute approximate surface area is 135 Å². The van der Waals surface area contributed by atoms with Gasteiger partial charge in [0.25, 0.3) is 10.0 Å². The Kier molecular flexibility index (Phi) is 4.18. The number of halogens is 2. The van der Waals surface area contributed by atoms with Crippen molar-refractivity contribution < 1.29 is 12.8 Å². The second-order valence-electron chi connectivity index (χ2n) is 4.85. The van der Waals surface area contributed by atoms with Crippen molar-refractivity contribution in [2.75, 3.05) is 6.54 Å². The lowest BCUT2D eigenvalue weighted by molar-refractivity contribution is 0.387. The van der Waals surface area contributed by atoms with Crippen LogP contribution in [0, 0.1) is 5.82 Å². The SMILES string of the molecule is O=S(=O)(c1ccc(Br)s1)N1CCCC1c1ccccc1F. The number of nitrogens with zero attached hydrogens (tertiary/aromatic N) is 1. The van der Waals surface area contributed by atoms with Crippen molar-refractivity contribution in [3.63, 3.8) is 0 Å². The number of benzene rings is 1. The van der Waals surface area contributed by atoms with Gasteiger partial charge >= 0.3 is 0 Å². The molecule has 2 heterocycles. The van der Waals surface area contributed by atoms with Crippen LogP contribution in [0.1, 0.15) is 24.4 Å². The third kappa shape index (κ3) is 2.79. The molecule has 0 spiro atoms. The Morgan fingerprint density at radius 3 is 2.67 bits per heavy atom. The second kappa shape index (κ2) is 5.79. The molecule has 1 fully saturated rings. The molecule has 0 amide bonds. The highest BCUT2D eigenvalue weighted by Gasteiger charge is 2.37. The van der Waals surface area contributed by atoms with Crippen molar-refractivity contribution in [3.05, 3.63) is 51.6 Å². The topological polar surface area (TPSA) is 37.4 Å². The third-order valence-electron chi connectivity index (χ3n) is 3.58. The molecular weight excluding hydrogens is 377 g/mol. The van der Waals surface area contributed by atoms with Gasteiger partial charge in [0, 0.05) is 12.1 Å². The van der Waals surface area contributed by atoms with Crippen LogP contribution >= 0.6 is 27.3 Å². The summed E-state index contributed by atoms with van der Waals surface area (Å²) in [6, 6.07) is 9.27. The van der Waals surface area contributed by atoms with E-state index in [9.17, 15) is 12.8 Å². The first kappa shape index (κ1) is 15.1. The fraction of sp³-hybridized carbons (Fsp3) is 0.286. The van der Waals surface area contributed by atoms with E-state index in [0.717, 1.165) is 10.2 Å². The van der Waals surface area contributed by atoms with E-state index < -0.39 is 16.1 Å². The molecule has 1 atom stereocenters. The highest BCUT2D eigenvalue weighted by Crippen LogP contribution is 2.39. The predicted molar refractivity (Wildman–Crippen MR) is 84.3 cm³/mol. The van der Waals surface area contributed by atoms with Crippen molar-refractivity contribution >= 4 is 37.3 Å². The largest absolute Gasteiger partial charge is 0.253 e. The lowest BCUT2D eigenvalue weighted by Crippen LogP contribution is -2.30. The van der Waals surface area contributed by atoms with E-state index >= 15 is 0 Å². The second-order valence-corrected chi connectivity index (χ2v) is 9.43. The molecule has 2 aromatic rings. The summed E-state index contributed by atoms with van der Waals surface area (Å²) in [5.41, 5.74) is 0.453. The van der Waals surface area contributed by atoms with E-state index in [1.807, 2.05) is 0 Å². The normalized spacial score (nSPS) is 20.0. The molecule has 1 aliphatic rings. The van der Waals surface area contributed by atoms with Gasteiger partial charge in [-0.05, 0) is 47.0 Å². The molecule has 7 heteroatoms. The molecule has 21 heavy (non-hydrogen) atoms. The molecule has 3 nitrogen and oxygen atoms in total. The van der Waals surface area contributed by atoms with Crippen LogP contribution in [0.3, 0.4) is 0 Å². The minimum Gasteiger partial charge on any atom is -0.207 e. The smallest absolute Gasteiger partial charge is 0.207 e. The van der Waals surface area contributed by atoms with Crippen molar-refractivity contribution in [1.29, 1.82) is 0 Å². The number of hydrogen-bond acceptors (Lipinski definition) is 3. The lowest BCUT2D eigenvalue weighted by Gasteiger charge is -2.24. The van der Waals surface area contributed by atoms with Crippen LogP contribution in [0.25, 0.3) is 0 Å². The van der Waals surface area contributed by atoms with Crippen LogP contribution < -0.4 is 0 Å². The Hall–Kier alpha value is -0.760. The number of sulfonamides is 1.